The van der Waals surface area contributed by atoms with E-state index in [0.717, 1.165) is 18.5 Å². The van der Waals surface area contributed by atoms with Crippen molar-refractivity contribution in [3.8, 4) is 11.5 Å². The first-order valence-electron chi connectivity index (χ1n) is 7.91. The number of aromatic nitrogens is 1. The van der Waals surface area contributed by atoms with Gasteiger partial charge in [0.1, 0.15) is 17.3 Å². The minimum atomic E-state index is -0.101. The summed E-state index contributed by atoms with van der Waals surface area (Å²) in [5.41, 5.74) is 1.31. The quantitative estimate of drug-likeness (QED) is 0.727. The maximum Gasteiger partial charge on any atom is 0.251 e. The maximum absolute atomic E-state index is 12.1. The Kier molecular flexibility index (Phi) is 6.42. The Hall–Kier alpha value is -2.76. The summed E-state index contributed by atoms with van der Waals surface area (Å²) in [4.78, 5) is 16.4. The first-order chi connectivity index (χ1) is 11.7. The lowest BCUT2D eigenvalue weighted by molar-refractivity contribution is 0.0953. The fourth-order valence-corrected chi connectivity index (χ4v) is 2.16. The highest BCUT2D eigenvalue weighted by Gasteiger charge is 2.09. The summed E-state index contributed by atoms with van der Waals surface area (Å²) in [6.45, 7) is 2.76. The Morgan fingerprint density at radius 2 is 2.00 bits per heavy atom. The fraction of sp³-hybridized carbons (Fsp3) is 0.333. The Morgan fingerprint density at radius 1 is 1.17 bits per heavy atom. The summed E-state index contributed by atoms with van der Waals surface area (Å²) >= 11 is 0. The minimum absolute atomic E-state index is 0.101. The Morgan fingerprint density at radius 3 is 2.71 bits per heavy atom. The van der Waals surface area contributed by atoms with Crippen LogP contribution in [-0.4, -0.2) is 31.7 Å². The van der Waals surface area contributed by atoms with E-state index in [1.807, 2.05) is 12.1 Å². The van der Waals surface area contributed by atoms with Crippen LogP contribution in [0.4, 0.5) is 11.5 Å². The molecule has 128 valence electrons. The van der Waals surface area contributed by atoms with Crippen LogP contribution >= 0.6 is 0 Å². The van der Waals surface area contributed by atoms with Gasteiger partial charge in [0.05, 0.1) is 19.9 Å². The lowest BCUT2D eigenvalue weighted by Gasteiger charge is -2.12. The molecule has 0 bridgehead atoms. The number of methoxy groups -OCH3 is 2. The van der Waals surface area contributed by atoms with Gasteiger partial charge in [0, 0.05) is 24.4 Å². The minimum Gasteiger partial charge on any atom is -0.497 e. The van der Waals surface area contributed by atoms with Crippen molar-refractivity contribution in [3.05, 3.63) is 42.1 Å². The molecule has 0 fully saturated rings. The van der Waals surface area contributed by atoms with Crippen LogP contribution in [0.2, 0.25) is 0 Å². The van der Waals surface area contributed by atoms with E-state index in [4.69, 9.17) is 9.47 Å². The molecule has 2 rings (SSSR count). The van der Waals surface area contributed by atoms with Gasteiger partial charge < -0.3 is 20.1 Å². The fourth-order valence-electron chi connectivity index (χ4n) is 2.16. The third-order valence-electron chi connectivity index (χ3n) is 3.51. The first-order valence-corrected chi connectivity index (χ1v) is 7.91. The third-order valence-corrected chi connectivity index (χ3v) is 3.51. The average Bonchev–Trinajstić information content (AvgIpc) is 2.62. The van der Waals surface area contributed by atoms with Gasteiger partial charge in [-0.1, -0.05) is 13.3 Å². The molecule has 0 atom stereocenters. The van der Waals surface area contributed by atoms with Crippen molar-refractivity contribution in [3.63, 3.8) is 0 Å². The van der Waals surface area contributed by atoms with Crippen LogP contribution in [0, 0.1) is 0 Å². The highest BCUT2D eigenvalue weighted by atomic mass is 16.5. The van der Waals surface area contributed by atoms with Gasteiger partial charge in [-0.2, -0.15) is 0 Å². The number of carbonyl (C=O) groups is 1. The highest BCUT2D eigenvalue weighted by molar-refractivity contribution is 5.94. The largest absolute Gasteiger partial charge is 0.497 e. The number of ether oxygens (including phenoxy) is 2. The predicted octanol–water partition coefficient (Wildman–Crippen LogP) is 3.37. The first kappa shape index (κ1) is 17.6. The molecule has 0 saturated heterocycles. The number of nitrogens with zero attached hydrogens (tertiary/aromatic N) is 1. The topological polar surface area (TPSA) is 72.5 Å². The molecule has 1 heterocycles. The monoisotopic (exact) mass is 329 g/mol. The van der Waals surface area contributed by atoms with Crippen LogP contribution in [0.15, 0.2) is 36.5 Å². The van der Waals surface area contributed by atoms with Crippen LogP contribution < -0.4 is 20.1 Å². The zero-order valence-electron chi connectivity index (χ0n) is 14.3. The number of benzene rings is 1. The molecular formula is C18H23N3O3. The van der Waals surface area contributed by atoms with Crippen LogP contribution in [-0.2, 0) is 0 Å². The maximum atomic E-state index is 12.1. The molecule has 0 aliphatic heterocycles. The molecule has 1 aromatic heterocycles. The summed E-state index contributed by atoms with van der Waals surface area (Å²) in [5, 5.41) is 6.06. The average molecular weight is 329 g/mol. The number of anilines is 2. The molecule has 0 radical (unpaired) electrons. The summed E-state index contributed by atoms with van der Waals surface area (Å²) in [5.74, 6) is 1.81. The highest BCUT2D eigenvalue weighted by Crippen LogP contribution is 2.31. The molecule has 1 aromatic carbocycles. The van der Waals surface area contributed by atoms with Crippen molar-refractivity contribution in [2.24, 2.45) is 0 Å². The molecule has 0 unspecified atom stereocenters. The summed E-state index contributed by atoms with van der Waals surface area (Å²) in [6, 6.07) is 8.85. The SMILES string of the molecule is CCCCNC(=O)c1ccnc(Nc2ccc(OC)cc2OC)c1. The standard InChI is InChI=1S/C18H23N3O3/c1-4-5-9-20-18(22)13-8-10-19-17(11-13)21-15-7-6-14(23-2)12-16(15)24-3/h6-8,10-12H,4-5,9H2,1-3H3,(H,19,21)(H,20,22). The third kappa shape index (κ3) is 4.62. The smallest absolute Gasteiger partial charge is 0.251 e. The second-order valence-corrected chi connectivity index (χ2v) is 5.23. The second-order valence-electron chi connectivity index (χ2n) is 5.23. The lowest BCUT2D eigenvalue weighted by atomic mass is 10.2. The van der Waals surface area contributed by atoms with Crippen molar-refractivity contribution >= 4 is 17.4 Å². The summed E-state index contributed by atoms with van der Waals surface area (Å²) < 4.78 is 10.5. The zero-order chi connectivity index (χ0) is 17.4. The molecule has 2 aromatic rings. The van der Waals surface area contributed by atoms with Crippen LogP contribution in [0.3, 0.4) is 0 Å². The van der Waals surface area contributed by atoms with Gasteiger partial charge in [-0.3, -0.25) is 4.79 Å². The van der Waals surface area contributed by atoms with Crippen molar-refractivity contribution in [2.45, 2.75) is 19.8 Å². The molecule has 0 aliphatic rings. The number of pyridine rings is 1. The van der Waals surface area contributed by atoms with Gasteiger partial charge in [-0.25, -0.2) is 4.98 Å². The number of hydrogen-bond acceptors (Lipinski definition) is 5. The molecule has 0 saturated carbocycles. The van der Waals surface area contributed by atoms with E-state index < -0.39 is 0 Å². The Balaban J connectivity index is 2.13. The van der Waals surface area contributed by atoms with E-state index in [1.165, 1.54) is 0 Å². The van der Waals surface area contributed by atoms with E-state index in [9.17, 15) is 4.79 Å². The van der Waals surface area contributed by atoms with Crippen molar-refractivity contribution in [1.29, 1.82) is 0 Å². The van der Waals surface area contributed by atoms with E-state index in [-0.39, 0.29) is 5.91 Å². The van der Waals surface area contributed by atoms with Gasteiger partial charge in [0.2, 0.25) is 0 Å². The van der Waals surface area contributed by atoms with Crippen molar-refractivity contribution in [2.75, 3.05) is 26.1 Å². The zero-order valence-corrected chi connectivity index (χ0v) is 14.3. The van der Waals surface area contributed by atoms with Gasteiger partial charge >= 0.3 is 0 Å². The number of unbranched alkanes of at least 4 members (excludes halogenated alkanes) is 1. The number of amides is 1. The molecule has 2 N–H and O–H groups in total. The molecule has 6 heteroatoms. The predicted molar refractivity (Wildman–Crippen MR) is 94.3 cm³/mol. The van der Waals surface area contributed by atoms with Gasteiger partial charge in [-0.05, 0) is 30.7 Å². The van der Waals surface area contributed by atoms with E-state index >= 15 is 0 Å². The van der Waals surface area contributed by atoms with Crippen molar-refractivity contribution in [1.82, 2.24) is 10.3 Å². The molecule has 0 aliphatic carbocycles. The van der Waals surface area contributed by atoms with Crippen LogP contribution in [0.1, 0.15) is 30.1 Å². The lowest BCUT2D eigenvalue weighted by Crippen LogP contribution is -2.24. The Bertz CT molecular complexity index is 689. The van der Waals surface area contributed by atoms with E-state index in [0.29, 0.717) is 29.4 Å². The molecule has 6 nitrogen and oxygen atoms in total. The molecular weight excluding hydrogens is 306 g/mol. The number of rotatable bonds is 8. The number of carbonyl (C=O) groups excluding carboxylic acids is 1. The second kappa shape index (κ2) is 8.76. The van der Waals surface area contributed by atoms with Gasteiger partial charge in [-0.15, -0.1) is 0 Å². The van der Waals surface area contributed by atoms with Gasteiger partial charge in [0.25, 0.3) is 5.91 Å². The number of hydrogen-bond donors (Lipinski definition) is 2. The van der Waals surface area contributed by atoms with Crippen LogP contribution in [0.25, 0.3) is 0 Å². The normalized spacial score (nSPS) is 10.1. The summed E-state index contributed by atoms with van der Waals surface area (Å²) in [7, 11) is 3.19. The van der Waals surface area contributed by atoms with Crippen molar-refractivity contribution < 1.29 is 14.3 Å². The van der Waals surface area contributed by atoms with Gasteiger partial charge in [0.15, 0.2) is 0 Å². The molecule has 1 amide bonds. The van der Waals surface area contributed by atoms with Crippen LogP contribution in [0.5, 0.6) is 11.5 Å². The summed E-state index contributed by atoms with van der Waals surface area (Å²) in [6.07, 6.45) is 3.61. The van der Waals surface area contributed by atoms with E-state index in [1.54, 1.807) is 38.6 Å². The Labute approximate surface area is 142 Å². The molecule has 24 heavy (non-hydrogen) atoms. The number of nitrogens with one attached hydrogen (secondary N) is 2. The molecule has 0 spiro atoms. The van der Waals surface area contributed by atoms with E-state index in [2.05, 4.69) is 22.5 Å².